The van der Waals surface area contributed by atoms with Crippen molar-refractivity contribution >= 4 is 17.7 Å². The lowest BCUT2D eigenvalue weighted by molar-refractivity contribution is -0.139. The summed E-state index contributed by atoms with van der Waals surface area (Å²) in [6.07, 6.45) is 2.80. The Morgan fingerprint density at radius 3 is 3.18 bits per heavy atom. The lowest BCUT2D eigenvalue weighted by Crippen LogP contribution is -2.25. The number of hydrogen-bond donors (Lipinski definition) is 0. The largest absolute Gasteiger partial charge is 0.461 e. The fourth-order valence-electron chi connectivity index (χ4n) is 1.95. The first-order chi connectivity index (χ1) is 8.27. The van der Waals surface area contributed by atoms with E-state index in [4.69, 9.17) is 10.00 Å². The fraction of sp³-hybridized carbons (Fsp3) is 0.500. The van der Waals surface area contributed by atoms with Gasteiger partial charge in [0.2, 0.25) is 0 Å². The van der Waals surface area contributed by atoms with Gasteiger partial charge in [0.1, 0.15) is 5.70 Å². The standard InChI is InChI=1S/C12H14N2O2S/c1-2-16-12(15)10-8-17-11-9(7-13)5-3-4-6-14(10)11/h8H,2-6H2,1H3. The number of fused-ring (bicyclic) bond motifs is 1. The summed E-state index contributed by atoms with van der Waals surface area (Å²) in [7, 11) is 0. The molecule has 2 aliphatic heterocycles. The Labute approximate surface area is 105 Å². The van der Waals surface area contributed by atoms with Gasteiger partial charge in [-0.25, -0.2) is 4.79 Å². The normalized spacial score (nSPS) is 19.3. The third kappa shape index (κ3) is 2.32. The van der Waals surface area contributed by atoms with Crippen LogP contribution in [0.25, 0.3) is 0 Å². The number of esters is 1. The molecule has 90 valence electrons. The Morgan fingerprint density at radius 2 is 2.47 bits per heavy atom. The molecule has 0 spiro atoms. The minimum absolute atomic E-state index is 0.297. The minimum Gasteiger partial charge on any atom is -0.461 e. The number of hydrogen-bond acceptors (Lipinski definition) is 5. The predicted octanol–water partition coefficient (Wildman–Crippen LogP) is 2.36. The van der Waals surface area contributed by atoms with E-state index in [1.165, 1.54) is 11.8 Å². The van der Waals surface area contributed by atoms with Crippen molar-refractivity contribution in [1.29, 1.82) is 5.26 Å². The van der Waals surface area contributed by atoms with Crippen molar-refractivity contribution in [3.05, 3.63) is 21.7 Å². The number of nitriles is 1. The summed E-state index contributed by atoms with van der Waals surface area (Å²) < 4.78 is 5.02. The maximum absolute atomic E-state index is 11.8. The van der Waals surface area contributed by atoms with Gasteiger partial charge >= 0.3 is 5.97 Å². The third-order valence-electron chi connectivity index (χ3n) is 2.75. The molecule has 2 aliphatic rings. The number of allylic oxidation sites excluding steroid dienone is 1. The molecule has 2 heterocycles. The second-order valence-corrected chi connectivity index (χ2v) is 4.70. The zero-order chi connectivity index (χ0) is 12.3. The molecule has 0 radical (unpaired) electrons. The van der Waals surface area contributed by atoms with Gasteiger partial charge < -0.3 is 9.64 Å². The Hall–Kier alpha value is -1.41. The molecule has 17 heavy (non-hydrogen) atoms. The Balaban J connectivity index is 2.25. The van der Waals surface area contributed by atoms with E-state index < -0.39 is 0 Å². The van der Waals surface area contributed by atoms with Gasteiger partial charge in [-0.3, -0.25) is 0 Å². The smallest absolute Gasteiger partial charge is 0.355 e. The average molecular weight is 250 g/mol. The van der Waals surface area contributed by atoms with E-state index in [9.17, 15) is 4.79 Å². The van der Waals surface area contributed by atoms with E-state index in [1.54, 1.807) is 12.3 Å². The summed E-state index contributed by atoms with van der Waals surface area (Å²) in [6, 6.07) is 2.24. The zero-order valence-corrected chi connectivity index (χ0v) is 10.5. The van der Waals surface area contributed by atoms with Crippen LogP contribution in [-0.4, -0.2) is 24.0 Å². The van der Waals surface area contributed by atoms with Crippen molar-refractivity contribution in [2.24, 2.45) is 0 Å². The molecule has 0 saturated heterocycles. The fourth-order valence-corrected chi connectivity index (χ4v) is 3.00. The van der Waals surface area contributed by atoms with Crippen LogP contribution < -0.4 is 0 Å². The highest BCUT2D eigenvalue weighted by Crippen LogP contribution is 2.39. The minimum atomic E-state index is -0.297. The summed E-state index contributed by atoms with van der Waals surface area (Å²) >= 11 is 1.45. The first-order valence-electron chi connectivity index (χ1n) is 5.72. The Bertz CT molecular complexity index is 434. The second kappa shape index (κ2) is 5.28. The van der Waals surface area contributed by atoms with Crippen LogP contribution in [0.4, 0.5) is 0 Å². The first kappa shape index (κ1) is 12.1. The number of nitrogens with zero attached hydrogens (tertiary/aromatic N) is 2. The molecule has 0 atom stereocenters. The quantitative estimate of drug-likeness (QED) is 0.704. The lowest BCUT2D eigenvalue weighted by Gasteiger charge is -2.20. The number of carbonyl (C=O) groups excluding carboxylic acids is 1. The van der Waals surface area contributed by atoms with E-state index in [-0.39, 0.29) is 5.97 Å². The summed E-state index contributed by atoms with van der Waals surface area (Å²) in [5.74, 6) is -0.297. The van der Waals surface area contributed by atoms with Crippen molar-refractivity contribution in [2.45, 2.75) is 26.2 Å². The zero-order valence-electron chi connectivity index (χ0n) is 9.73. The van der Waals surface area contributed by atoms with Crippen LogP contribution in [0.1, 0.15) is 26.2 Å². The molecular weight excluding hydrogens is 236 g/mol. The van der Waals surface area contributed by atoms with Crippen LogP contribution in [0.15, 0.2) is 21.7 Å². The van der Waals surface area contributed by atoms with Crippen molar-refractivity contribution in [2.75, 3.05) is 13.2 Å². The van der Waals surface area contributed by atoms with Gasteiger partial charge in [-0.05, 0) is 26.2 Å². The molecule has 2 rings (SSSR count). The van der Waals surface area contributed by atoms with Gasteiger partial charge in [-0.1, -0.05) is 11.8 Å². The van der Waals surface area contributed by atoms with Crippen molar-refractivity contribution in [3.8, 4) is 6.07 Å². The van der Waals surface area contributed by atoms with E-state index in [0.717, 1.165) is 36.4 Å². The predicted molar refractivity (Wildman–Crippen MR) is 65.5 cm³/mol. The highest BCUT2D eigenvalue weighted by Gasteiger charge is 2.30. The second-order valence-electron chi connectivity index (χ2n) is 3.85. The van der Waals surface area contributed by atoms with Gasteiger partial charge in [-0.2, -0.15) is 5.26 Å². The molecule has 4 nitrogen and oxygen atoms in total. The molecule has 0 saturated carbocycles. The average Bonchev–Trinajstić information content (AvgIpc) is 2.63. The molecular formula is C12H14N2O2S. The van der Waals surface area contributed by atoms with Gasteiger partial charge in [0.05, 0.1) is 23.3 Å². The maximum Gasteiger partial charge on any atom is 0.355 e. The van der Waals surface area contributed by atoms with Crippen molar-refractivity contribution in [3.63, 3.8) is 0 Å². The topological polar surface area (TPSA) is 53.3 Å². The Morgan fingerprint density at radius 1 is 1.65 bits per heavy atom. The summed E-state index contributed by atoms with van der Waals surface area (Å²) in [5, 5.41) is 11.8. The molecule has 0 bridgehead atoms. The Kier molecular flexibility index (Phi) is 3.75. The number of carbonyl (C=O) groups is 1. The van der Waals surface area contributed by atoms with Crippen molar-refractivity contribution < 1.29 is 9.53 Å². The van der Waals surface area contributed by atoms with Crippen LogP contribution in [0.5, 0.6) is 0 Å². The molecule has 0 aliphatic carbocycles. The SMILES string of the molecule is CCOC(=O)C1=CSC2=C(C#N)CCCCN12. The molecule has 5 heteroatoms. The van der Waals surface area contributed by atoms with Crippen LogP contribution in [-0.2, 0) is 9.53 Å². The molecule has 0 aromatic carbocycles. The molecule has 0 fully saturated rings. The van der Waals surface area contributed by atoms with Gasteiger partial charge in [0, 0.05) is 12.0 Å². The molecule has 0 aromatic rings. The van der Waals surface area contributed by atoms with Gasteiger partial charge in [0.25, 0.3) is 0 Å². The summed E-state index contributed by atoms with van der Waals surface area (Å²) in [4.78, 5) is 13.7. The van der Waals surface area contributed by atoms with Crippen molar-refractivity contribution in [1.82, 2.24) is 4.90 Å². The van der Waals surface area contributed by atoms with E-state index >= 15 is 0 Å². The van der Waals surface area contributed by atoms with Gasteiger partial charge in [0.15, 0.2) is 0 Å². The van der Waals surface area contributed by atoms with Gasteiger partial charge in [-0.15, -0.1) is 0 Å². The molecule has 0 unspecified atom stereocenters. The highest BCUT2D eigenvalue weighted by atomic mass is 32.2. The van der Waals surface area contributed by atoms with Crippen LogP contribution >= 0.6 is 11.8 Å². The molecule has 0 amide bonds. The molecule has 0 N–H and O–H groups in total. The first-order valence-corrected chi connectivity index (χ1v) is 6.60. The van der Waals surface area contributed by atoms with E-state index in [0.29, 0.717) is 12.3 Å². The maximum atomic E-state index is 11.8. The monoisotopic (exact) mass is 250 g/mol. The number of rotatable bonds is 2. The highest BCUT2D eigenvalue weighted by molar-refractivity contribution is 8.06. The van der Waals surface area contributed by atoms with Crippen LogP contribution in [0, 0.1) is 11.3 Å². The van der Waals surface area contributed by atoms with E-state index in [1.807, 2.05) is 4.90 Å². The lowest BCUT2D eigenvalue weighted by atomic mass is 10.1. The third-order valence-corrected chi connectivity index (χ3v) is 3.79. The van der Waals surface area contributed by atoms with E-state index in [2.05, 4.69) is 6.07 Å². The van der Waals surface area contributed by atoms with Crippen LogP contribution in [0.3, 0.4) is 0 Å². The summed E-state index contributed by atoms with van der Waals surface area (Å²) in [5.41, 5.74) is 1.35. The number of thioether (sulfide) groups is 1. The number of ether oxygens (including phenoxy) is 1. The summed E-state index contributed by atoms with van der Waals surface area (Å²) in [6.45, 7) is 2.96. The van der Waals surface area contributed by atoms with Crippen LogP contribution in [0.2, 0.25) is 0 Å². The molecule has 0 aromatic heterocycles.